The van der Waals surface area contributed by atoms with E-state index in [-0.39, 0.29) is 42.2 Å². The lowest BCUT2D eigenvalue weighted by Crippen LogP contribution is -2.48. The van der Waals surface area contributed by atoms with Crippen molar-refractivity contribution in [1.29, 1.82) is 0 Å². The van der Waals surface area contributed by atoms with Crippen LogP contribution in [-0.2, 0) is 33.9 Å². The van der Waals surface area contributed by atoms with Crippen molar-refractivity contribution in [2.45, 2.75) is 89.0 Å². The van der Waals surface area contributed by atoms with E-state index in [9.17, 15) is 27.6 Å². The second-order valence-electron chi connectivity index (χ2n) is 14.7. The molecule has 250 valence electrons. The number of allylic oxidation sites excluding steroid dienone is 1. The number of nitrogens with one attached hydrogen (secondary N) is 1. The number of carbonyl (C=O) groups is 4. The molecule has 2 aromatic carbocycles. The number of hydrogen-bond donors (Lipinski definition) is 1. The molecular formula is C35H46N2O7S2. The topological polar surface area (TPSA) is 127 Å². The average molecular weight is 671 g/mol. The molecule has 1 N–H and O–H groups in total. The number of ketones is 1. The van der Waals surface area contributed by atoms with Gasteiger partial charge in [0.25, 0.3) is 0 Å². The number of amides is 2. The van der Waals surface area contributed by atoms with Gasteiger partial charge in [-0.3, -0.25) is 23.9 Å². The molecule has 11 heteroatoms. The molecule has 1 heterocycles. The molecular weight excluding hydrogens is 625 g/mol. The quantitative estimate of drug-likeness (QED) is 0.245. The molecule has 2 aromatic rings. The largest absolute Gasteiger partial charge is 0.460 e. The van der Waals surface area contributed by atoms with E-state index in [2.05, 4.69) is 11.3 Å². The summed E-state index contributed by atoms with van der Waals surface area (Å²) in [4.78, 5) is 57.3. The molecule has 2 amide bonds. The van der Waals surface area contributed by atoms with Gasteiger partial charge in [-0.15, -0.1) is 18.3 Å². The third-order valence-corrected chi connectivity index (χ3v) is 10.6. The van der Waals surface area contributed by atoms with E-state index in [1.165, 1.54) is 0 Å². The predicted molar refractivity (Wildman–Crippen MR) is 180 cm³/mol. The maximum absolute atomic E-state index is 14.4. The van der Waals surface area contributed by atoms with Gasteiger partial charge in [0.15, 0.2) is 5.78 Å². The summed E-state index contributed by atoms with van der Waals surface area (Å²) in [5, 5.41) is 2.02. The van der Waals surface area contributed by atoms with E-state index in [1.54, 1.807) is 43.5 Å². The Balaban J connectivity index is 1.66. The zero-order valence-corrected chi connectivity index (χ0v) is 29.4. The lowest BCUT2D eigenvalue weighted by molar-refractivity contribution is -0.161. The van der Waals surface area contributed by atoms with E-state index in [4.69, 9.17) is 4.74 Å². The normalized spacial score (nSPS) is 23.9. The van der Waals surface area contributed by atoms with Crippen molar-refractivity contribution in [3.8, 4) is 0 Å². The SMILES string of the molecule is C=CC1CC1(CC(=O)[C@@H]1C[C@@H](Sc2cccc3ccccc23)CN1C(=O)[C@@H](CC(=O)OC(C)(C)C)C(C)(C)C)C(=O)NS(C)(=O)=O. The molecule has 0 spiro atoms. The Labute approximate surface area is 276 Å². The molecule has 9 nitrogen and oxygen atoms in total. The minimum Gasteiger partial charge on any atom is -0.460 e. The molecule has 1 aliphatic carbocycles. The van der Waals surface area contributed by atoms with Gasteiger partial charge in [-0.05, 0) is 61.8 Å². The number of Topliss-reactive ketones (excluding diaryl/α,β-unsaturated/α-hetero) is 1. The Morgan fingerprint density at radius 1 is 1.09 bits per heavy atom. The molecule has 5 atom stereocenters. The van der Waals surface area contributed by atoms with E-state index >= 15 is 0 Å². The van der Waals surface area contributed by atoms with E-state index < -0.39 is 50.3 Å². The molecule has 0 bridgehead atoms. The highest BCUT2D eigenvalue weighted by molar-refractivity contribution is 8.00. The predicted octanol–water partition coefficient (Wildman–Crippen LogP) is 5.52. The summed E-state index contributed by atoms with van der Waals surface area (Å²) >= 11 is 1.60. The average Bonchev–Trinajstić information content (AvgIpc) is 3.48. The fourth-order valence-electron chi connectivity index (χ4n) is 6.31. The molecule has 1 saturated heterocycles. The lowest BCUT2D eigenvalue weighted by atomic mass is 9.77. The second-order valence-corrected chi connectivity index (χ2v) is 17.8. The van der Waals surface area contributed by atoms with Crippen molar-refractivity contribution in [3.63, 3.8) is 0 Å². The van der Waals surface area contributed by atoms with Gasteiger partial charge >= 0.3 is 5.97 Å². The van der Waals surface area contributed by atoms with Crippen molar-refractivity contribution >= 4 is 56.1 Å². The summed E-state index contributed by atoms with van der Waals surface area (Å²) in [5.41, 5.74) is -2.58. The van der Waals surface area contributed by atoms with Gasteiger partial charge in [0.1, 0.15) is 5.60 Å². The third-order valence-electron chi connectivity index (χ3n) is 8.73. The minimum absolute atomic E-state index is 0.138. The molecule has 46 heavy (non-hydrogen) atoms. The fourth-order valence-corrected chi connectivity index (χ4v) is 8.19. The van der Waals surface area contributed by atoms with Crippen LogP contribution in [0.3, 0.4) is 0 Å². The van der Waals surface area contributed by atoms with E-state index in [0.29, 0.717) is 12.8 Å². The number of rotatable bonds is 11. The number of benzene rings is 2. The first-order chi connectivity index (χ1) is 21.2. The van der Waals surface area contributed by atoms with Crippen LogP contribution >= 0.6 is 11.8 Å². The second kappa shape index (κ2) is 13.1. The summed E-state index contributed by atoms with van der Waals surface area (Å²) in [6.45, 7) is 15.0. The van der Waals surface area contributed by atoms with Crippen molar-refractivity contribution in [3.05, 3.63) is 55.1 Å². The van der Waals surface area contributed by atoms with Gasteiger partial charge in [0.05, 0.1) is 30.1 Å². The molecule has 2 fully saturated rings. The number of sulfonamides is 1. The maximum Gasteiger partial charge on any atom is 0.307 e. The summed E-state index contributed by atoms with van der Waals surface area (Å²) < 4.78 is 31.4. The fraction of sp³-hybridized carbons (Fsp3) is 0.543. The van der Waals surface area contributed by atoms with Crippen LogP contribution in [0.5, 0.6) is 0 Å². The lowest BCUT2D eigenvalue weighted by Gasteiger charge is -2.35. The molecule has 2 unspecified atom stereocenters. The molecule has 0 aromatic heterocycles. The van der Waals surface area contributed by atoms with Gasteiger partial charge in [0.2, 0.25) is 21.8 Å². The van der Waals surface area contributed by atoms with Crippen LogP contribution in [0.2, 0.25) is 0 Å². The number of fused-ring (bicyclic) bond motifs is 1. The molecule has 2 aliphatic rings. The van der Waals surface area contributed by atoms with Crippen LogP contribution in [0.1, 0.15) is 67.2 Å². The summed E-state index contributed by atoms with van der Waals surface area (Å²) in [7, 11) is -3.85. The van der Waals surface area contributed by atoms with Crippen molar-refractivity contribution in [2.24, 2.45) is 22.7 Å². The number of ether oxygens (including phenoxy) is 1. The van der Waals surface area contributed by atoms with Crippen LogP contribution in [-0.4, -0.2) is 66.6 Å². The van der Waals surface area contributed by atoms with Crippen LogP contribution in [0.25, 0.3) is 10.8 Å². The minimum atomic E-state index is -3.85. The van der Waals surface area contributed by atoms with Crippen LogP contribution in [0.15, 0.2) is 60.0 Å². The number of esters is 1. The summed E-state index contributed by atoms with van der Waals surface area (Å²) in [5.74, 6) is -2.98. The van der Waals surface area contributed by atoms with Crippen LogP contribution < -0.4 is 4.72 Å². The van der Waals surface area contributed by atoms with Crippen molar-refractivity contribution in [1.82, 2.24) is 9.62 Å². The molecule has 4 rings (SSSR count). The van der Waals surface area contributed by atoms with Gasteiger partial charge in [0, 0.05) is 23.1 Å². The Bertz CT molecular complexity index is 1630. The van der Waals surface area contributed by atoms with Crippen molar-refractivity contribution in [2.75, 3.05) is 12.8 Å². The first-order valence-electron chi connectivity index (χ1n) is 15.6. The maximum atomic E-state index is 14.4. The smallest absolute Gasteiger partial charge is 0.307 e. The standard InChI is InChI=1S/C35H46N2O7S2/c1-9-23-19-35(23,32(41)36-46(8,42)43)20-28(38)27-17-24(45-29-16-12-14-22-13-10-11-15-25(22)29)21-37(27)31(40)26(33(2,3)4)18-30(39)44-34(5,6)7/h9-16,23-24,26-27H,1,17-21H2,2-8H3,(H,36,41)/t23?,24-,26-,27+,35?/m1/s1. The Morgan fingerprint density at radius 3 is 2.33 bits per heavy atom. The highest BCUT2D eigenvalue weighted by atomic mass is 32.2. The van der Waals surface area contributed by atoms with Crippen LogP contribution in [0, 0.1) is 22.7 Å². The van der Waals surface area contributed by atoms with Gasteiger partial charge in [-0.1, -0.05) is 63.2 Å². The van der Waals surface area contributed by atoms with E-state index in [0.717, 1.165) is 21.9 Å². The highest BCUT2D eigenvalue weighted by Gasteiger charge is 2.61. The number of hydrogen-bond acceptors (Lipinski definition) is 8. The number of nitrogens with zero attached hydrogens (tertiary/aromatic N) is 1. The Kier molecular flexibility index (Phi) is 10.2. The number of thioether (sulfide) groups is 1. The first kappa shape index (κ1) is 35.7. The van der Waals surface area contributed by atoms with Gasteiger partial charge in [-0.25, -0.2) is 8.42 Å². The van der Waals surface area contributed by atoms with Gasteiger partial charge in [-0.2, -0.15) is 0 Å². The molecule has 1 aliphatic heterocycles. The first-order valence-corrected chi connectivity index (χ1v) is 18.4. The summed E-state index contributed by atoms with van der Waals surface area (Å²) in [6, 6.07) is 13.2. The molecule has 1 saturated carbocycles. The monoisotopic (exact) mass is 670 g/mol. The zero-order chi connectivity index (χ0) is 34.2. The Morgan fingerprint density at radius 2 is 1.74 bits per heavy atom. The molecule has 0 radical (unpaired) electrons. The summed E-state index contributed by atoms with van der Waals surface area (Å²) in [6.07, 6.45) is 2.75. The van der Waals surface area contributed by atoms with E-state index in [1.807, 2.05) is 63.2 Å². The number of likely N-dealkylation sites (tertiary alicyclic amines) is 1. The number of carbonyl (C=O) groups excluding carboxylic acids is 4. The van der Waals surface area contributed by atoms with Crippen molar-refractivity contribution < 1.29 is 32.3 Å². The third kappa shape index (κ3) is 8.39. The highest BCUT2D eigenvalue weighted by Crippen LogP contribution is 2.57. The van der Waals surface area contributed by atoms with Gasteiger partial charge < -0.3 is 9.64 Å². The Hall–Kier alpha value is -3.18. The van der Waals surface area contributed by atoms with Crippen LogP contribution in [0.4, 0.5) is 0 Å². The zero-order valence-electron chi connectivity index (χ0n) is 27.8.